The second-order valence-electron chi connectivity index (χ2n) is 6.71. The monoisotopic (exact) mass is 321 g/mol. The van der Waals surface area contributed by atoms with Crippen molar-refractivity contribution in [3.8, 4) is 0 Å². The molecule has 1 aliphatic rings. The molecule has 0 spiro atoms. The molecule has 1 saturated heterocycles. The first-order valence-electron chi connectivity index (χ1n) is 8.39. The zero-order valence-corrected chi connectivity index (χ0v) is 14.3. The Morgan fingerprint density at radius 3 is 2.78 bits per heavy atom. The first-order chi connectivity index (χ1) is 10.9. The van der Waals surface area contributed by atoms with Gasteiger partial charge in [0.2, 0.25) is 5.91 Å². The van der Waals surface area contributed by atoms with Crippen LogP contribution in [0.2, 0.25) is 0 Å². The lowest BCUT2D eigenvalue weighted by Crippen LogP contribution is -2.40. The summed E-state index contributed by atoms with van der Waals surface area (Å²) in [5.74, 6) is -0.301. The molecular formula is C17H27N3O3. The van der Waals surface area contributed by atoms with E-state index in [4.69, 9.17) is 5.11 Å². The van der Waals surface area contributed by atoms with Crippen LogP contribution in [0.3, 0.4) is 0 Å². The Balaban J connectivity index is 1.89. The van der Waals surface area contributed by atoms with Gasteiger partial charge in [-0.2, -0.15) is 5.10 Å². The summed E-state index contributed by atoms with van der Waals surface area (Å²) in [6.45, 7) is 7.45. The quantitative estimate of drug-likeness (QED) is 0.873. The summed E-state index contributed by atoms with van der Waals surface area (Å²) in [6, 6.07) is 2.06. The number of aromatic nitrogens is 2. The van der Waals surface area contributed by atoms with Gasteiger partial charge >= 0.3 is 5.97 Å². The Bertz CT molecular complexity index is 567. The number of carboxylic acid groups (broad SMARTS) is 1. The molecular weight excluding hydrogens is 294 g/mol. The highest BCUT2D eigenvalue weighted by molar-refractivity contribution is 5.76. The molecule has 128 valence electrons. The number of aliphatic carboxylic acids is 1. The normalized spacial score (nSPS) is 19.6. The SMILES string of the molecule is Cc1cc(C)n(C(C)CC(=O)N2CCCC(CCC(=O)O)C2)n1. The molecule has 1 aromatic rings. The predicted octanol–water partition coefficient (Wildman–Crippen LogP) is 2.55. The summed E-state index contributed by atoms with van der Waals surface area (Å²) < 4.78 is 1.92. The van der Waals surface area contributed by atoms with E-state index in [1.165, 1.54) is 0 Å². The Labute approximate surface area is 137 Å². The van der Waals surface area contributed by atoms with E-state index >= 15 is 0 Å². The zero-order chi connectivity index (χ0) is 17.0. The minimum atomic E-state index is -0.758. The zero-order valence-electron chi connectivity index (χ0n) is 14.3. The Morgan fingerprint density at radius 2 is 2.17 bits per heavy atom. The van der Waals surface area contributed by atoms with E-state index in [2.05, 4.69) is 5.10 Å². The third kappa shape index (κ3) is 4.81. The molecule has 23 heavy (non-hydrogen) atoms. The van der Waals surface area contributed by atoms with Crippen LogP contribution in [-0.4, -0.2) is 44.8 Å². The summed E-state index contributed by atoms with van der Waals surface area (Å²) in [4.78, 5) is 25.2. The van der Waals surface area contributed by atoms with Gasteiger partial charge in [0.25, 0.3) is 0 Å². The van der Waals surface area contributed by atoms with Gasteiger partial charge in [-0.3, -0.25) is 14.3 Å². The molecule has 1 aliphatic heterocycles. The molecule has 1 N–H and O–H groups in total. The highest BCUT2D eigenvalue weighted by Gasteiger charge is 2.25. The minimum Gasteiger partial charge on any atom is -0.481 e. The molecule has 0 radical (unpaired) electrons. The summed E-state index contributed by atoms with van der Waals surface area (Å²) in [5.41, 5.74) is 2.04. The lowest BCUT2D eigenvalue weighted by molar-refractivity contribution is -0.137. The van der Waals surface area contributed by atoms with E-state index in [1.54, 1.807) is 0 Å². The van der Waals surface area contributed by atoms with Gasteiger partial charge in [-0.15, -0.1) is 0 Å². The van der Waals surface area contributed by atoms with E-state index in [-0.39, 0.29) is 18.4 Å². The van der Waals surface area contributed by atoms with Crippen LogP contribution in [0.5, 0.6) is 0 Å². The second kappa shape index (κ2) is 7.62. The standard InChI is InChI=1S/C17H27N3O3/c1-12-9-13(2)20(18-12)14(3)10-16(21)19-8-4-5-15(11-19)6-7-17(22)23/h9,14-15H,4-8,10-11H2,1-3H3,(H,22,23). The van der Waals surface area contributed by atoms with Gasteiger partial charge in [0.15, 0.2) is 0 Å². The fraction of sp³-hybridized carbons (Fsp3) is 0.706. The van der Waals surface area contributed by atoms with Crippen molar-refractivity contribution in [2.45, 2.75) is 58.9 Å². The molecule has 2 unspecified atom stereocenters. The number of carbonyl (C=O) groups excluding carboxylic acids is 1. The second-order valence-corrected chi connectivity index (χ2v) is 6.71. The maximum absolute atomic E-state index is 12.6. The molecule has 1 aromatic heterocycles. The van der Waals surface area contributed by atoms with Crippen molar-refractivity contribution in [2.75, 3.05) is 13.1 Å². The largest absolute Gasteiger partial charge is 0.481 e. The third-order valence-corrected chi connectivity index (χ3v) is 4.57. The summed E-state index contributed by atoms with van der Waals surface area (Å²) >= 11 is 0. The third-order valence-electron chi connectivity index (χ3n) is 4.57. The lowest BCUT2D eigenvalue weighted by Gasteiger charge is -2.33. The van der Waals surface area contributed by atoms with Gasteiger partial charge in [0.1, 0.15) is 0 Å². The van der Waals surface area contributed by atoms with Gasteiger partial charge in [-0.1, -0.05) is 0 Å². The maximum Gasteiger partial charge on any atom is 0.303 e. The van der Waals surface area contributed by atoms with Gasteiger partial charge in [0.05, 0.1) is 11.7 Å². The topological polar surface area (TPSA) is 75.4 Å². The van der Waals surface area contributed by atoms with Crippen LogP contribution in [0.25, 0.3) is 0 Å². The molecule has 2 atom stereocenters. The number of carboxylic acids is 1. The molecule has 6 nitrogen and oxygen atoms in total. The van der Waals surface area contributed by atoms with Crippen LogP contribution >= 0.6 is 0 Å². The Morgan fingerprint density at radius 1 is 1.43 bits per heavy atom. The van der Waals surface area contributed by atoms with Crippen molar-refractivity contribution < 1.29 is 14.7 Å². The molecule has 2 rings (SSSR count). The molecule has 0 bridgehead atoms. The number of aryl methyl sites for hydroxylation is 2. The van der Waals surface area contributed by atoms with Crippen molar-refractivity contribution in [3.05, 3.63) is 17.5 Å². The summed E-state index contributed by atoms with van der Waals surface area (Å²) in [6.07, 6.45) is 3.27. The first kappa shape index (κ1) is 17.5. The maximum atomic E-state index is 12.6. The molecule has 0 aliphatic carbocycles. The number of hydrogen-bond acceptors (Lipinski definition) is 3. The number of hydrogen-bond donors (Lipinski definition) is 1. The van der Waals surface area contributed by atoms with Gasteiger partial charge in [-0.25, -0.2) is 0 Å². The smallest absolute Gasteiger partial charge is 0.303 e. The van der Waals surface area contributed by atoms with Crippen molar-refractivity contribution in [3.63, 3.8) is 0 Å². The number of amides is 1. The highest BCUT2D eigenvalue weighted by atomic mass is 16.4. The fourth-order valence-electron chi connectivity index (χ4n) is 3.42. The van der Waals surface area contributed by atoms with E-state index in [9.17, 15) is 9.59 Å². The number of nitrogens with zero attached hydrogens (tertiary/aromatic N) is 3. The predicted molar refractivity (Wildman–Crippen MR) is 87.2 cm³/mol. The molecule has 1 amide bonds. The Kier molecular flexibility index (Phi) is 5.80. The van der Waals surface area contributed by atoms with E-state index in [0.717, 1.165) is 30.8 Å². The van der Waals surface area contributed by atoms with Crippen LogP contribution in [0.4, 0.5) is 0 Å². The average molecular weight is 321 g/mol. The average Bonchev–Trinajstić information content (AvgIpc) is 2.84. The van der Waals surface area contributed by atoms with Crippen LogP contribution in [0, 0.1) is 19.8 Å². The minimum absolute atomic E-state index is 0.0376. The van der Waals surface area contributed by atoms with E-state index in [1.807, 2.05) is 36.4 Å². The molecule has 2 heterocycles. The number of carbonyl (C=O) groups is 2. The molecule has 1 fully saturated rings. The number of likely N-dealkylation sites (tertiary alicyclic amines) is 1. The van der Waals surface area contributed by atoms with Gasteiger partial charge in [0, 0.05) is 31.6 Å². The van der Waals surface area contributed by atoms with Gasteiger partial charge < -0.3 is 10.0 Å². The fourth-order valence-corrected chi connectivity index (χ4v) is 3.42. The summed E-state index contributed by atoms with van der Waals surface area (Å²) in [5, 5.41) is 13.3. The van der Waals surface area contributed by atoms with Crippen LogP contribution < -0.4 is 0 Å². The van der Waals surface area contributed by atoms with Crippen molar-refractivity contribution in [1.29, 1.82) is 0 Å². The van der Waals surface area contributed by atoms with Crippen molar-refractivity contribution in [2.24, 2.45) is 5.92 Å². The molecule has 6 heteroatoms. The van der Waals surface area contributed by atoms with Gasteiger partial charge in [-0.05, 0) is 52.0 Å². The van der Waals surface area contributed by atoms with Crippen LogP contribution in [0.15, 0.2) is 6.07 Å². The number of piperidine rings is 1. The first-order valence-corrected chi connectivity index (χ1v) is 8.39. The highest BCUT2D eigenvalue weighted by Crippen LogP contribution is 2.23. The molecule has 0 aromatic carbocycles. The van der Waals surface area contributed by atoms with Crippen LogP contribution in [0.1, 0.15) is 56.5 Å². The van der Waals surface area contributed by atoms with Crippen molar-refractivity contribution >= 4 is 11.9 Å². The summed E-state index contributed by atoms with van der Waals surface area (Å²) in [7, 11) is 0. The van der Waals surface area contributed by atoms with E-state index < -0.39 is 5.97 Å². The van der Waals surface area contributed by atoms with E-state index in [0.29, 0.717) is 25.3 Å². The number of rotatable bonds is 6. The lowest BCUT2D eigenvalue weighted by atomic mass is 9.93. The molecule has 0 saturated carbocycles. The van der Waals surface area contributed by atoms with Crippen molar-refractivity contribution in [1.82, 2.24) is 14.7 Å². The van der Waals surface area contributed by atoms with Crippen LogP contribution in [-0.2, 0) is 9.59 Å². The Hall–Kier alpha value is -1.85.